The molecule has 0 N–H and O–H groups in total. The summed E-state index contributed by atoms with van der Waals surface area (Å²) >= 11 is 0. The van der Waals surface area contributed by atoms with Gasteiger partial charge in [0.2, 0.25) is 0 Å². The Kier molecular flexibility index (Phi) is 6.55. The van der Waals surface area contributed by atoms with E-state index < -0.39 is 5.41 Å². The van der Waals surface area contributed by atoms with Crippen LogP contribution in [0.1, 0.15) is 50.6 Å². The number of allylic oxidation sites excluding steroid dienone is 2. The van der Waals surface area contributed by atoms with Crippen LogP contribution in [0.15, 0.2) is 66.2 Å². The highest BCUT2D eigenvalue weighted by atomic mass is 16.5. The zero-order chi connectivity index (χ0) is 26.2. The van der Waals surface area contributed by atoms with Crippen molar-refractivity contribution in [1.82, 2.24) is 9.55 Å². The fourth-order valence-corrected chi connectivity index (χ4v) is 6.12. The lowest BCUT2D eigenvalue weighted by Crippen LogP contribution is -2.45. The predicted octanol–water partition coefficient (Wildman–Crippen LogP) is 5.52. The number of carbonyl (C=O) groups excluding carboxylic acids is 2. The smallest absolute Gasteiger partial charge is 0.302 e. The molecule has 2 aromatic carbocycles. The van der Waals surface area contributed by atoms with Crippen molar-refractivity contribution < 1.29 is 14.3 Å². The van der Waals surface area contributed by atoms with Crippen LogP contribution in [0.5, 0.6) is 0 Å². The first kappa shape index (κ1) is 24.7. The highest BCUT2D eigenvalue weighted by Gasteiger charge is 2.50. The molecule has 0 spiro atoms. The lowest BCUT2D eigenvalue weighted by molar-refractivity contribution is -0.141. The van der Waals surface area contributed by atoms with Crippen LogP contribution in [-0.4, -0.2) is 27.9 Å². The average molecular weight is 494 g/mol. The van der Waals surface area contributed by atoms with Crippen LogP contribution in [-0.2, 0) is 32.6 Å². The molecule has 6 heteroatoms. The number of rotatable bonds is 6. The van der Waals surface area contributed by atoms with Gasteiger partial charge < -0.3 is 4.74 Å². The van der Waals surface area contributed by atoms with Crippen molar-refractivity contribution >= 4 is 11.8 Å². The second kappa shape index (κ2) is 9.82. The summed E-state index contributed by atoms with van der Waals surface area (Å²) in [5.74, 6) is 0.428. The third kappa shape index (κ3) is 4.40. The number of aryl methyl sites for hydroxylation is 1. The van der Waals surface area contributed by atoms with E-state index in [2.05, 4.69) is 54.0 Å². The van der Waals surface area contributed by atoms with E-state index in [4.69, 9.17) is 9.72 Å². The summed E-state index contributed by atoms with van der Waals surface area (Å²) in [5.41, 5.74) is 5.03. The van der Waals surface area contributed by atoms with E-state index in [1.54, 1.807) is 0 Å². The molecule has 0 aliphatic heterocycles. The summed E-state index contributed by atoms with van der Waals surface area (Å²) < 4.78 is 7.36. The van der Waals surface area contributed by atoms with E-state index in [0.29, 0.717) is 6.61 Å². The molecule has 0 fully saturated rings. The number of imidazole rings is 1. The fraction of sp³-hybridized carbons (Fsp3) is 0.355. The van der Waals surface area contributed by atoms with Crippen LogP contribution in [0.3, 0.4) is 0 Å². The molecule has 6 nitrogen and oxygen atoms in total. The van der Waals surface area contributed by atoms with E-state index in [1.165, 1.54) is 6.92 Å². The topological polar surface area (TPSA) is 85.0 Å². The number of nitrogens with zero attached hydrogens (tertiary/aromatic N) is 3. The molecule has 5 rings (SSSR count). The largest absolute Gasteiger partial charge is 0.466 e. The first-order valence-corrected chi connectivity index (χ1v) is 12.9. The molecule has 0 saturated carbocycles. The van der Waals surface area contributed by atoms with Gasteiger partial charge in [0, 0.05) is 35.2 Å². The number of hydrogen-bond acceptors (Lipinski definition) is 5. The summed E-state index contributed by atoms with van der Waals surface area (Å²) in [4.78, 5) is 29.2. The number of fused-ring (bicyclic) bond motifs is 3. The number of Topliss-reactive ketones (excluding diaryl/α,β-unsaturated/α-hetero) is 1. The van der Waals surface area contributed by atoms with Crippen molar-refractivity contribution in [2.75, 3.05) is 6.61 Å². The molecule has 1 unspecified atom stereocenters. The second-order valence-corrected chi connectivity index (χ2v) is 10.3. The van der Waals surface area contributed by atoms with Crippen LogP contribution in [0.25, 0.3) is 17.1 Å². The number of ketones is 1. The minimum absolute atomic E-state index is 0.0578. The number of aromatic nitrogens is 2. The van der Waals surface area contributed by atoms with Crippen LogP contribution >= 0.6 is 0 Å². The minimum atomic E-state index is -0.498. The van der Waals surface area contributed by atoms with Gasteiger partial charge >= 0.3 is 5.97 Å². The van der Waals surface area contributed by atoms with Gasteiger partial charge in [-0.2, -0.15) is 5.26 Å². The lowest BCUT2D eigenvalue weighted by atomic mass is 9.58. The Morgan fingerprint density at radius 3 is 2.73 bits per heavy atom. The van der Waals surface area contributed by atoms with Gasteiger partial charge in [0.05, 0.1) is 17.9 Å². The highest BCUT2D eigenvalue weighted by molar-refractivity contribution is 6.02. The summed E-state index contributed by atoms with van der Waals surface area (Å²) in [6.45, 7) is 5.92. The number of esters is 1. The normalized spacial score (nSPS) is 22.4. The highest BCUT2D eigenvalue weighted by Crippen LogP contribution is 2.50. The van der Waals surface area contributed by atoms with Crippen molar-refractivity contribution in [2.24, 2.45) is 11.8 Å². The maximum absolute atomic E-state index is 12.8. The quantitative estimate of drug-likeness (QED) is 0.333. The third-order valence-corrected chi connectivity index (χ3v) is 7.91. The molecule has 1 aromatic heterocycles. The van der Waals surface area contributed by atoms with Gasteiger partial charge in [0.1, 0.15) is 11.9 Å². The molecule has 2 aliphatic carbocycles. The second-order valence-electron chi connectivity index (χ2n) is 10.3. The van der Waals surface area contributed by atoms with E-state index >= 15 is 0 Å². The maximum Gasteiger partial charge on any atom is 0.302 e. The van der Waals surface area contributed by atoms with E-state index in [0.717, 1.165) is 59.7 Å². The average Bonchev–Trinajstić information content (AvgIpc) is 3.30. The minimum Gasteiger partial charge on any atom is -0.466 e. The maximum atomic E-state index is 12.8. The van der Waals surface area contributed by atoms with Crippen LogP contribution in [0, 0.1) is 23.2 Å². The van der Waals surface area contributed by atoms with Crippen molar-refractivity contribution in [3.8, 4) is 23.1 Å². The van der Waals surface area contributed by atoms with Gasteiger partial charge in [0.25, 0.3) is 0 Å². The molecule has 37 heavy (non-hydrogen) atoms. The molecule has 0 bridgehead atoms. The van der Waals surface area contributed by atoms with Crippen LogP contribution in [0.4, 0.5) is 0 Å². The number of benzene rings is 2. The van der Waals surface area contributed by atoms with E-state index in [-0.39, 0.29) is 29.2 Å². The Morgan fingerprint density at radius 2 is 2.00 bits per heavy atom. The number of nitriles is 1. The third-order valence-electron chi connectivity index (χ3n) is 7.91. The van der Waals surface area contributed by atoms with Crippen molar-refractivity contribution in [3.63, 3.8) is 0 Å². The summed E-state index contributed by atoms with van der Waals surface area (Å²) in [5, 5.41) is 9.71. The van der Waals surface area contributed by atoms with Gasteiger partial charge in [-0.25, -0.2) is 4.98 Å². The zero-order valence-corrected chi connectivity index (χ0v) is 21.5. The van der Waals surface area contributed by atoms with Gasteiger partial charge in [-0.15, -0.1) is 0 Å². The SMILES string of the molecule is CC(=O)OCCCc1cccc(-n2c(-c3ccccc3)nc3c2CCC2[C@H](C)C(=O)C(C#N)=C[C@]32C)c1. The summed E-state index contributed by atoms with van der Waals surface area (Å²) in [6, 6.07) is 20.7. The molecule has 0 radical (unpaired) electrons. The molecular weight excluding hydrogens is 462 g/mol. The van der Waals surface area contributed by atoms with Crippen molar-refractivity contribution in [2.45, 2.75) is 51.9 Å². The van der Waals surface area contributed by atoms with E-state index in [1.807, 2.05) is 31.2 Å². The van der Waals surface area contributed by atoms with Crippen molar-refractivity contribution in [3.05, 3.63) is 83.2 Å². The lowest BCUT2D eigenvalue weighted by Gasteiger charge is -2.44. The Labute approximate surface area is 217 Å². The molecule has 188 valence electrons. The van der Waals surface area contributed by atoms with Crippen LogP contribution in [0.2, 0.25) is 0 Å². The molecule has 1 heterocycles. The summed E-state index contributed by atoms with van der Waals surface area (Å²) in [6.07, 6.45) is 5.08. The first-order chi connectivity index (χ1) is 17.8. The van der Waals surface area contributed by atoms with Gasteiger partial charge in [-0.1, -0.05) is 62.4 Å². The Hall–Kier alpha value is -3.98. The molecule has 3 aromatic rings. The van der Waals surface area contributed by atoms with Gasteiger partial charge in [0.15, 0.2) is 5.78 Å². The van der Waals surface area contributed by atoms with Gasteiger partial charge in [-0.05, 0) is 49.3 Å². The molecular formula is C31H31N3O3. The Morgan fingerprint density at radius 1 is 1.22 bits per heavy atom. The van der Waals surface area contributed by atoms with E-state index in [9.17, 15) is 14.9 Å². The standard InChI is InChI=1S/C31H31N3O3/c1-20-26-14-15-27-29(31(26,3)18-24(19-32)28(20)36)33-30(23-11-5-4-6-12-23)34(27)25-13-7-9-22(17-25)10-8-16-37-21(2)35/h4-7,9,11-13,17-18,20,26H,8,10,14-16H2,1-3H3/t20-,26?,31-/m0/s1. The number of ether oxygens (including phenoxy) is 1. The Balaban J connectivity index is 1.63. The molecule has 2 aliphatic rings. The molecule has 3 atom stereocenters. The van der Waals surface area contributed by atoms with Gasteiger partial charge in [-0.3, -0.25) is 14.2 Å². The number of hydrogen-bond donors (Lipinski definition) is 0. The van der Waals surface area contributed by atoms with Crippen LogP contribution < -0.4 is 0 Å². The molecule has 0 amide bonds. The predicted molar refractivity (Wildman–Crippen MR) is 141 cm³/mol. The summed E-state index contributed by atoms with van der Waals surface area (Å²) in [7, 11) is 0. The van der Waals surface area contributed by atoms with Crippen molar-refractivity contribution in [1.29, 1.82) is 5.26 Å². The fourth-order valence-electron chi connectivity index (χ4n) is 6.12. The molecule has 0 saturated heterocycles. The first-order valence-electron chi connectivity index (χ1n) is 12.9. The Bertz CT molecular complexity index is 1430. The monoisotopic (exact) mass is 493 g/mol. The zero-order valence-electron chi connectivity index (χ0n) is 21.5. The number of carbonyl (C=O) groups is 2.